The van der Waals surface area contributed by atoms with E-state index in [-0.39, 0.29) is 11.2 Å². The summed E-state index contributed by atoms with van der Waals surface area (Å²) in [6.07, 6.45) is 0. The second-order valence-corrected chi connectivity index (χ2v) is 6.23. The van der Waals surface area contributed by atoms with Crippen molar-refractivity contribution in [2.45, 2.75) is 20.8 Å². The normalized spacial score (nSPS) is 12.6. The van der Waals surface area contributed by atoms with Crippen LogP contribution in [0.25, 0.3) is 0 Å². The van der Waals surface area contributed by atoms with E-state index in [1.807, 2.05) is 20.8 Å². The number of ether oxygens (including phenoxy) is 1. The molecule has 0 N–H and O–H groups in total. The van der Waals surface area contributed by atoms with Crippen LogP contribution in [0.5, 0.6) is 0 Å². The molecule has 13 heavy (non-hydrogen) atoms. The molecule has 0 radical (unpaired) electrons. The first-order valence-corrected chi connectivity index (χ1v) is 5.76. The summed E-state index contributed by atoms with van der Waals surface area (Å²) in [4.78, 5) is 10.7. The average molecular weight is 208 g/mol. The van der Waals surface area contributed by atoms with Gasteiger partial charge in [0.05, 0.1) is 12.9 Å². The average Bonchev–Trinajstić information content (AvgIpc) is 1.80. The number of hydrogen-bond acceptors (Lipinski definition) is 4. The zero-order valence-electron chi connectivity index (χ0n) is 8.46. The zero-order chi connectivity index (χ0) is 10.7. The van der Waals surface area contributed by atoms with Crippen LogP contribution in [0, 0.1) is 5.41 Å². The third-order valence-corrected chi connectivity index (χ3v) is 3.20. The smallest absolute Gasteiger partial charge is 0.320 e. The maximum Gasteiger partial charge on any atom is 0.320 e. The minimum Gasteiger partial charge on any atom is -0.468 e. The van der Waals surface area contributed by atoms with Crippen LogP contribution < -0.4 is 0 Å². The predicted octanol–water partition coefficient (Wildman–Crippen LogP) is 0.620. The Hall–Kier alpha value is -0.580. The molecule has 5 heteroatoms. The van der Waals surface area contributed by atoms with Gasteiger partial charge in [0.1, 0.15) is 5.75 Å². The van der Waals surface area contributed by atoms with Gasteiger partial charge >= 0.3 is 5.97 Å². The molecule has 0 aliphatic heterocycles. The third-order valence-electron chi connectivity index (χ3n) is 1.22. The Balaban J connectivity index is 4.35. The van der Waals surface area contributed by atoms with E-state index in [9.17, 15) is 13.2 Å². The third kappa shape index (κ3) is 6.57. The molecule has 0 atom stereocenters. The molecule has 0 aliphatic rings. The van der Waals surface area contributed by atoms with Crippen molar-refractivity contribution in [2.24, 2.45) is 5.41 Å². The van der Waals surface area contributed by atoms with Crippen molar-refractivity contribution in [1.82, 2.24) is 0 Å². The molecule has 0 aromatic heterocycles. The molecular formula is C8H16O4S. The molecule has 78 valence electrons. The molecule has 4 nitrogen and oxygen atoms in total. The summed E-state index contributed by atoms with van der Waals surface area (Å²) in [6.45, 7) is 5.42. The minimum absolute atomic E-state index is 0.00486. The maximum absolute atomic E-state index is 11.3. The minimum atomic E-state index is -3.33. The van der Waals surface area contributed by atoms with E-state index < -0.39 is 21.6 Å². The molecule has 0 unspecified atom stereocenters. The van der Waals surface area contributed by atoms with Crippen molar-refractivity contribution in [1.29, 1.82) is 0 Å². The molecule has 0 heterocycles. The molecule has 0 aromatic rings. The number of rotatable bonds is 3. The van der Waals surface area contributed by atoms with Crippen molar-refractivity contribution in [3.8, 4) is 0 Å². The Kier molecular flexibility index (Phi) is 3.90. The monoisotopic (exact) mass is 208 g/mol. The van der Waals surface area contributed by atoms with Crippen molar-refractivity contribution in [3.05, 3.63) is 0 Å². The van der Waals surface area contributed by atoms with E-state index in [1.165, 1.54) is 7.11 Å². The van der Waals surface area contributed by atoms with Gasteiger partial charge in [0, 0.05) is 0 Å². The van der Waals surface area contributed by atoms with Crippen LogP contribution >= 0.6 is 0 Å². The Morgan fingerprint density at radius 1 is 1.31 bits per heavy atom. The lowest BCUT2D eigenvalue weighted by atomic mass is 10.0. The fraction of sp³-hybridized carbons (Fsp3) is 0.875. The molecule has 0 aliphatic carbocycles. The first-order valence-electron chi connectivity index (χ1n) is 3.93. The molecule has 0 rings (SSSR count). The molecule has 0 aromatic carbocycles. The highest BCUT2D eigenvalue weighted by atomic mass is 32.2. The predicted molar refractivity (Wildman–Crippen MR) is 50.1 cm³/mol. The van der Waals surface area contributed by atoms with E-state index in [0.717, 1.165) is 0 Å². The summed E-state index contributed by atoms with van der Waals surface area (Å²) in [6, 6.07) is 0. The van der Waals surface area contributed by atoms with Crippen LogP contribution in [0.2, 0.25) is 0 Å². The summed E-state index contributed by atoms with van der Waals surface area (Å²) in [5, 5.41) is 0. The van der Waals surface area contributed by atoms with Gasteiger partial charge in [0.15, 0.2) is 9.84 Å². The molecule has 0 saturated carbocycles. The summed E-state index contributed by atoms with van der Waals surface area (Å²) in [7, 11) is -2.15. The number of methoxy groups -OCH3 is 1. The molecule has 0 amide bonds. The second-order valence-electron chi connectivity index (χ2n) is 4.17. The van der Waals surface area contributed by atoms with Crippen LogP contribution in [-0.4, -0.2) is 33.0 Å². The fourth-order valence-electron chi connectivity index (χ4n) is 0.949. The summed E-state index contributed by atoms with van der Waals surface area (Å²) < 4.78 is 26.9. The highest BCUT2D eigenvalue weighted by Crippen LogP contribution is 2.16. The van der Waals surface area contributed by atoms with Crippen LogP contribution in [-0.2, 0) is 19.4 Å². The summed E-state index contributed by atoms with van der Waals surface area (Å²) in [5.74, 6) is -1.24. The molecule has 0 saturated heterocycles. The van der Waals surface area contributed by atoms with Crippen molar-refractivity contribution in [2.75, 3.05) is 18.6 Å². The van der Waals surface area contributed by atoms with E-state index in [4.69, 9.17) is 0 Å². The first-order chi connectivity index (χ1) is 5.66. The zero-order valence-corrected chi connectivity index (χ0v) is 9.27. The summed E-state index contributed by atoms with van der Waals surface area (Å²) >= 11 is 0. The van der Waals surface area contributed by atoms with E-state index >= 15 is 0 Å². The number of sulfone groups is 1. The van der Waals surface area contributed by atoms with Crippen LogP contribution in [0.4, 0.5) is 0 Å². The molecule has 0 spiro atoms. The molecule has 0 bridgehead atoms. The van der Waals surface area contributed by atoms with Crippen molar-refractivity contribution in [3.63, 3.8) is 0 Å². The van der Waals surface area contributed by atoms with Gasteiger partial charge in [-0.15, -0.1) is 0 Å². The van der Waals surface area contributed by atoms with Gasteiger partial charge in [-0.25, -0.2) is 8.42 Å². The molecular weight excluding hydrogens is 192 g/mol. The van der Waals surface area contributed by atoms with Gasteiger partial charge in [-0.05, 0) is 5.41 Å². The van der Waals surface area contributed by atoms with Gasteiger partial charge in [-0.2, -0.15) is 0 Å². The van der Waals surface area contributed by atoms with E-state index in [0.29, 0.717) is 0 Å². The quantitative estimate of drug-likeness (QED) is 0.638. The largest absolute Gasteiger partial charge is 0.468 e. The van der Waals surface area contributed by atoms with Gasteiger partial charge in [0.25, 0.3) is 0 Å². The maximum atomic E-state index is 11.3. The SMILES string of the molecule is COC(=O)CS(=O)(=O)CC(C)(C)C. The number of hydrogen-bond donors (Lipinski definition) is 0. The lowest BCUT2D eigenvalue weighted by Gasteiger charge is -2.17. The number of carbonyl (C=O) groups is 1. The van der Waals surface area contributed by atoms with Gasteiger partial charge < -0.3 is 4.74 Å². The lowest BCUT2D eigenvalue weighted by molar-refractivity contribution is -0.137. The lowest BCUT2D eigenvalue weighted by Crippen LogP contribution is -2.27. The fourth-order valence-corrected chi connectivity index (χ4v) is 2.85. The molecule has 0 fully saturated rings. The van der Waals surface area contributed by atoms with Gasteiger partial charge in [-0.3, -0.25) is 4.79 Å². The highest BCUT2D eigenvalue weighted by molar-refractivity contribution is 7.92. The Morgan fingerprint density at radius 3 is 2.08 bits per heavy atom. The number of esters is 1. The second kappa shape index (κ2) is 4.09. The topological polar surface area (TPSA) is 60.4 Å². The van der Waals surface area contributed by atoms with Crippen LogP contribution in [0.15, 0.2) is 0 Å². The van der Waals surface area contributed by atoms with Gasteiger partial charge in [-0.1, -0.05) is 20.8 Å². The van der Waals surface area contributed by atoms with Gasteiger partial charge in [0.2, 0.25) is 0 Å². The summed E-state index contributed by atoms with van der Waals surface area (Å²) in [5.41, 5.74) is -0.327. The van der Waals surface area contributed by atoms with Crippen LogP contribution in [0.3, 0.4) is 0 Å². The highest BCUT2D eigenvalue weighted by Gasteiger charge is 2.24. The standard InChI is InChI=1S/C8H16O4S/c1-8(2,3)6-13(10,11)5-7(9)12-4/h5-6H2,1-4H3. The van der Waals surface area contributed by atoms with Crippen molar-refractivity contribution < 1.29 is 17.9 Å². The Bertz CT molecular complexity index is 271. The van der Waals surface area contributed by atoms with E-state index in [1.54, 1.807) is 0 Å². The number of carbonyl (C=O) groups excluding carboxylic acids is 1. The first kappa shape index (κ1) is 12.4. The van der Waals surface area contributed by atoms with E-state index in [2.05, 4.69) is 4.74 Å². The Labute approximate surface area is 79.2 Å². The van der Waals surface area contributed by atoms with Crippen molar-refractivity contribution >= 4 is 15.8 Å². The van der Waals surface area contributed by atoms with Crippen LogP contribution in [0.1, 0.15) is 20.8 Å². The Morgan fingerprint density at radius 2 is 1.77 bits per heavy atom.